The fraction of sp³-hybridized carbons (Fsp3) is 0.824. The standard InChI is InChI=1S/C34H54O23/c1-5-11(3)29(47)49-9-15-19(39)23(43)27(55-31-25(45)21(41)17(37)13(7-35)51-31)33(53-15)57-34-28(56-32-26(46)22(42)18(38)14(8-36)52-32)24(44)20(40)16(54-34)10-50-30(48)12(4)6-2/h5-6,13-28,31-46H,7-10H2,1-4H3/b11-5+,12-6+/t13-,14-,15-,16-,17-,18-,19-,20-,21+,22+,23+,24+,25-,26-,27-,28-,31+,32+,33-,34+/m1/s1. The van der Waals surface area contributed by atoms with Crippen molar-refractivity contribution in [3.8, 4) is 0 Å². The van der Waals surface area contributed by atoms with Gasteiger partial charge >= 0.3 is 11.9 Å². The molecule has 4 rings (SSSR count). The highest BCUT2D eigenvalue weighted by molar-refractivity contribution is 5.88. The van der Waals surface area contributed by atoms with Gasteiger partial charge in [-0.05, 0) is 27.7 Å². The Hall–Kier alpha value is -2.34. The highest BCUT2D eigenvalue weighted by Gasteiger charge is 2.56. The molecule has 0 aromatic carbocycles. The van der Waals surface area contributed by atoms with Crippen LogP contribution in [0.2, 0.25) is 0 Å². The van der Waals surface area contributed by atoms with Crippen LogP contribution in [-0.2, 0) is 52.2 Å². The van der Waals surface area contributed by atoms with Gasteiger partial charge in [-0.2, -0.15) is 0 Å². The zero-order valence-electron chi connectivity index (χ0n) is 31.4. The van der Waals surface area contributed by atoms with Crippen molar-refractivity contribution in [2.75, 3.05) is 26.4 Å². The summed E-state index contributed by atoms with van der Waals surface area (Å²) in [6.45, 7) is 2.83. The van der Waals surface area contributed by atoms with E-state index in [1.54, 1.807) is 13.8 Å². The van der Waals surface area contributed by atoms with Crippen molar-refractivity contribution in [2.24, 2.45) is 0 Å². The van der Waals surface area contributed by atoms with Crippen molar-refractivity contribution in [3.63, 3.8) is 0 Å². The maximum Gasteiger partial charge on any atom is 0.333 e. The summed E-state index contributed by atoms with van der Waals surface area (Å²) in [5, 5.41) is 127. The van der Waals surface area contributed by atoms with E-state index in [2.05, 4.69) is 0 Å². The first kappa shape index (κ1) is 47.3. The Morgan fingerprint density at radius 3 is 1.09 bits per heavy atom. The van der Waals surface area contributed by atoms with Crippen LogP contribution in [0.1, 0.15) is 27.7 Å². The van der Waals surface area contributed by atoms with Crippen molar-refractivity contribution in [3.05, 3.63) is 23.3 Å². The normalized spacial score (nSPS) is 44.7. The van der Waals surface area contributed by atoms with E-state index in [9.17, 15) is 70.9 Å². The predicted octanol–water partition coefficient (Wildman–Crippen LogP) is -6.71. The number of ether oxygens (including phenoxy) is 9. The molecule has 0 aromatic heterocycles. The fourth-order valence-electron chi connectivity index (χ4n) is 6.18. The van der Waals surface area contributed by atoms with Crippen molar-refractivity contribution in [1.82, 2.24) is 0 Å². The van der Waals surface area contributed by atoms with Crippen molar-refractivity contribution in [1.29, 1.82) is 0 Å². The smallest absolute Gasteiger partial charge is 0.333 e. The summed E-state index contributed by atoms with van der Waals surface area (Å²) in [6.07, 6.45) is -35.0. The lowest BCUT2D eigenvalue weighted by atomic mass is 9.96. The first-order valence-electron chi connectivity index (χ1n) is 18.1. The Labute approximate surface area is 325 Å². The van der Waals surface area contributed by atoms with Crippen LogP contribution in [0.4, 0.5) is 0 Å². The number of carbonyl (C=O) groups is 2. The minimum absolute atomic E-state index is 0.171. The zero-order chi connectivity index (χ0) is 42.5. The molecule has 0 aliphatic carbocycles. The van der Waals surface area contributed by atoms with E-state index in [0.717, 1.165) is 0 Å². The monoisotopic (exact) mass is 830 g/mol. The highest BCUT2D eigenvalue weighted by Crippen LogP contribution is 2.35. The average molecular weight is 831 g/mol. The molecule has 23 heteroatoms. The Kier molecular flexibility index (Phi) is 17.2. The van der Waals surface area contributed by atoms with Gasteiger partial charge in [-0.25, -0.2) is 9.59 Å². The number of aliphatic hydroxyl groups excluding tert-OH is 12. The molecule has 4 aliphatic heterocycles. The van der Waals surface area contributed by atoms with Gasteiger partial charge in [0, 0.05) is 11.1 Å². The van der Waals surface area contributed by atoms with Crippen molar-refractivity contribution >= 4 is 11.9 Å². The molecule has 0 unspecified atom stereocenters. The van der Waals surface area contributed by atoms with Crippen LogP contribution in [0.3, 0.4) is 0 Å². The summed E-state index contributed by atoms with van der Waals surface area (Å²) in [7, 11) is 0. The molecule has 0 saturated carbocycles. The fourth-order valence-corrected chi connectivity index (χ4v) is 6.18. The van der Waals surface area contributed by atoms with Crippen LogP contribution >= 0.6 is 0 Å². The van der Waals surface area contributed by atoms with E-state index in [-0.39, 0.29) is 11.1 Å². The molecule has 57 heavy (non-hydrogen) atoms. The Balaban J connectivity index is 1.71. The summed E-state index contributed by atoms with van der Waals surface area (Å²) in [6, 6.07) is 0. The second-order valence-electron chi connectivity index (χ2n) is 13.9. The first-order valence-corrected chi connectivity index (χ1v) is 18.1. The lowest BCUT2D eigenvalue weighted by Crippen LogP contribution is -2.67. The Morgan fingerprint density at radius 2 is 0.772 bits per heavy atom. The van der Waals surface area contributed by atoms with Crippen LogP contribution in [0.15, 0.2) is 23.3 Å². The summed E-state index contributed by atoms with van der Waals surface area (Å²) in [4.78, 5) is 24.9. The van der Waals surface area contributed by atoms with E-state index in [1.165, 1.54) is 26.0 Å². The Bertz CT molecular complexity index is 1280. The number of hydrogen-bond donors (Lipinski definition) is 12. The second-order valence-corrected chi connectivity index (χ2v) is 13.9. The zero-order valence-corrected chi connectivity index (χ0v) is 31.4. The summed E-state index contributed by atoms with van der Waals surface area (Å²) in [5.41, 5.74) is 0.343. The van der Waals surface area contributed by atoms with E-state index < -0.39 is 161 Å². The number of hydrogen-bond acceptors (Lipinski definition) is 23. The Morgan fingerprint density at radius 1 is 0.456 bits per heavy atom. The van der Waals surface area contributed by atoms with Gasteiger partial charge in [0.2, 0.25) is 0 Å². The number of aliphatic hydroxyl groups is 12. The van der Waals surface area contributed by atoms with E-state index in [0.29, 0.717) is 0 Å². The van der Waals surface area contributed by atoms with Crippen LogP contribution in [0.25, 0.3) is 0 Å². The lowest BCUT2D eigenvalue weighted by Gasteiger charge is -2.49. The second kappa shape index (κ2) is 20.8. The van der Waals surface area contributed by atoms with Crippen molar-refractivity contribution < 1.29 is 113 Å². The molecule has 0 radical (unpaired) electrons. The third kappa shape index (κ3) is 10.7. The molecule has 4 fully saturated rings. The first-order chi connectivity index (χ1) is 26.9. The summed E-state index contributed by atoms with van der Waals surface area (Å²) < 4.78 is 50.5. The third-order valence-electron chi connectivity index (χ3n) is 10.1. The quantitative estimate of drug-likeness (QED) is 0.0572. The average Bonchev–Trinajstić information content (AvgIpc) is 3.20. The lowest BCUT2D eigenvalue weighted by molar-refractivity contribution is -0.414. The summed E-state index contributed by atoms with van der Waals surface area (Å²) in [5.74, 6) is -1.66. The predicted molar refractivity (Wildman–Crippen MR) is 180 cm³/mol. The topological polar surface area (TPSA) is 360 Å². The van der Waals surface area contributed by atoms with Gasteiger partial charge in [0.05, 0.1) is 13.2 Å². The molecule has 0 spiro atoms. The molecule has 4 saturated heterocycles. The largest absolute Gasteiger partial charge is 0.459 e. The molecule has 23 nitrogen and oxygen atoms in total. The van der Waals surface area contributed by atoms with Gasteiger partial charge in [0.1, 0.15) is 111 Å². The molecule has 4 aliphatic rings. The molecule has 12 N–H and O–H groups in total. The molecule has 20 atom stereocenters. The molecule has 0 amide bonds. The van der Waals surface area contributed by atoms with Gasteiger partial charge < -0.3 is 104 Å². The molecule has 0 bridgehead atoms. The van der Waals surface area contributed by atoms with Gasteiger partial charge in [-0.1, -0.05) is 12.2 Å². The number of rotatable bonds is 14. The minimum Gasteiger partial charge on any atom is -0.459 e. The number of allylic oxidation sites excluding steroid dienone is 2. The maximum absolute atomic E-state index is 12.4. The maximum atomic E-state index is 12.4. The van der Waals surface area contributed by atoms with Gasteiger partial charge in [0.15, 0.2) is 25.2 Å². The van der Waals surface area contributed by atoms with E-state index in [1.807, 2.05) is 0 Å². The van der Waals surface area contributed by atoms with Crippen LogP contribution < -0.4 is 0 Å². The highest BCUT2D eigenvalue weighted by atomic mass is 16.8. The third-order valence-corrected chi connectivity index (χ3v) is 10.1. The number of esters is 2. The van der Waals surface area contributed by atoms with Crippen LogP contribution in [0, 0.1) is 0 Å². The van der Waals surface area contributed by atoms with Crippen LogP contribution in [-0.4, -0.2) is 222 Å². The van der Waals surface area contributed by atoms with Crippen molar-refractivity contribution in [2.45, 2.75) is 151 Å². The minimum atomic E-state index is -2.09. The van der Waals surface area contributed by atoms with Gasteiger partial charge in [-0.15, -0.1) is 0 Å². The molecule has 4 heterocycles. The van der Waals surface area contributed by atoms with Gasteiger partial charge in [-0.3, -0.25) is 0 Å². The molecule has 0 aromatic rings. The van der Waals surface area contributed by atoms with E-state index in [4.69, 9.17) is 42.6 Å². The van der Waals surface area contributed by atoms with Gasteiger partial charge in [0.25, 0.3) is 0 Å². The number of carbonyl (C=O) groups excluding carboxylic acids is 2. The summed E-state index contributed by atoms with van der Waals surface area (Å²) >= 11 is 0. The molecular formula is C34H54O23. The van der Waals surface area contributed by atoms with E-state index >= 15 is 0 Å². The molecular weight excluding hydrogens is 776 g/mol. The van der Waals surface area contributed by atoms with Crippen LogP contribution in [0.5, 0.6) is 0 Å². The molecule has 328 valence electrons. The SMILES string of the molecule is C/C=C(\C)C(=O)OC[C@H]1O[C@@H](O[C@H]2O[C@H](COC(=O)/C(C)=C/C)[C@@H](O)[C@H](O)[C@H]2O[C@@H]2O[C@H](CO)[C@@H](O)[C@H](O)[C@H]2O)[C@H](O[C@@H]2O[C@H](CO)[C@@H](O)[C@H](O)[C@H]2O)[C@@H](O)[C@@H]1O.